The topological polar surface area (TPSA) is 69.7 Å². The van der Waals surface area contributed by atoms with Crippen LogP contribution in [0.3, 0.4) is 0 Å². The first-order chi connectivity index (χ1) is 17.3. The highest BCUT2D eigenvalue weighted by Gasteiger charge is 2.27. The summed E-state index contributed by atoms with van der Waals surface area (Å²) in [6, 6.07) is 21.1. The van der Waals surface area contributed by atoms with Gasteiger partial charge in [0.1, 0.15) is 6.54 Å². The predicted octanol–water partition coefficient (Wildman–Crippen LogP) is 5.15. The molecule has 0 unspecified atom stereocenters. The average molecular weight is 526 g/mol. The summed E-state index contributed by atoms with van der Waals surface area (Å²) in [4.78, 5) is 15.6. The zero-order chi connectivity index (χ0) is 25.5. The lowest BCUT2D eigenvalue weighted by atomic mass is 10.0. The summed E-state index contributed by atoms with van der Waals surface area (Å²) in [5, 5.41) is 3.38. The van der Waals surface area contributed by atoms with E-state index >= 15 is 0 Å². The number of aryl methyl sites for hydroxylation is 1. The highest BCUT2D eigenvalue weighted by molar-refractivity contribution is 7.92. The molecular formula is C28H32ClN3O3S. The standard InChI is InChI=1S/C28H32ClN3O3S/c1-22-9-13-26(14-10-22)32(36(34,35)27-15-11-25(29)12-16-27)21-28(33)30-19-23-7-3-4-8-24(23)20-31-17-5-2-6-18-31/h3-4,7-16H,2,5-6,17-21H2,1H3,(H,30,33). The van der Waals surface area contributed by atoms with E-state index in [1.54, 1.807) is 12.1 Å². The van der Waals surface area contributed by atoms with Crippen LogP contribution in [0.4, 0.5) is 5.69 Å². The van der Waals surface area contributed by atoms with Crippen LogP contribution in [-0.2, 0) is 27.9 Å². The van der Waals surface area contributed by atoms with Crippen LogP contribution in [0.25, 0.3) is 0 Å². The van der Waals surface area contributed by atoms with E-state index in [0.717, 1.165) is 35.1 Å². The lowest BCUT2D eigenvalue weighted by Crippen LogP contribution is -2.40. The summed E-state index contributed by atoms with van der Waals surface area (Å²) in [7, 11) is -3.98. The minimum Gasteiger partial charge on any atom is -0.350 e. The van der Waals surface area contributed by atoms with E-state index in [4.69, 9.17) is 11.6 Å². The second kappa shape index (κ2) is 11.9. The number of piperidine rings is 1. The fourth-order valence-corrected chi connectivity index (χ4v) is 5.93. The Labute approximate surface area is 218 Å². The van der Waals surface area contributed by atoms with Gasteiger partial charge in [0.25, 0.3) is 10.0 Å². The van der Waals surface area contributed by atoms with Gasteiger partial charge in [0, 0.05) is 18.1 Å². The zero-order valence-electron chi connectivity index (χ0n) is 20.5. The van der Waals surface area contributed by atoms with E-state index in [9.17, 15) is 13.2 Å². The Bertz CT molecular complexity index is 1270. The van der Waals surface area contributed by atoms with Gasteiger partial charge in [-0.15, -0.1) is 0 Å². The first-order valence-corrected chi connectivity index (χ1v) is 14.1. The predicted molar refractivity (Wildman–Crippen MR) is 145 cm³/mol. The van der Waals surface area contributed by atoms with Gasteiger partial charge < -0.3 is 5.32 Å². The lowest BCUT2D eigenvalue weighted by Gasteiger charge is -2.27. The number of carbonyl (C=O) groups excluding carboxylic acids is 1. The van der Waals surface area contributed by atoms with Crippen molar-refractivity contribution in [1.82, 2.24) is 10.2 Å². The number of halogens is 1. The number of rotatable bonds is 9. The smallest absolute Gasteiger partial charge is 0.264 e. The fraction of sp³-hybridized carbons (Fsp3) is 0.321. The van der Waals surface area contributed by atoms with Crippen molar-refractivity contribution in [2.75, 3.05) is 23.9 Å². The number of sulfonamides is 1. The van der Waals surface area contributed by atoms with Gasteiger partial charge in [-0.25, -0.2) is 8.42 Å². The molecule has 36 heavy (non-hydrogen) atoms. The molecule has 1 N–H and O–H groups in total. The second-order valence-electron chi connectivity index (χ2n) is 9.18. The molecular weight excluding hydrogens is 494 g/mol. The maximum Gasteiger partial charge on any atom is 0.264 e. The highest BCUT2D eigenvalue weighted by Crippen LogP contribution is 2.25. The van der Waals surface area contributed by atoms with Crippen molar-refractivity contribution < 1.29 is 13.2 Å². The molecule has 190 valence electrons. The number of benzene rings is 3. The first kappa shape index (κ1) is 26.2. The van der Waals surface area contributed by atoms with E-state index in [0.29, 0.717) is 17.3 Å². The molecule has 6 nitrogen and oxygen atoms in total. The van der Waals surface area contributed by atoms with Crippen molar-refractivity contribution in [3.05, 3.63) is 94.5 Å². The maximum absolute atomic E-state index is 13.5. The molecule has 1 aliphatic rings. The Hall–Kier alpha value is -2.87. The Morgan fingerprint density at radius 2 is 1.56 bits per heavy atom. The molecule has 0 bridgehead atoms. The molecule has 1 aliphatic heterocycles. The summed E-state index contributed by atoms with van der Waals surface area (Å²) in [5.74, 6) is -0.374. The molecule has 3 aromatic carbocycles. The maximum atomic E-state index is 13.5. The van der Waals surface area contributed by atoms with Crippen molar-refractivity contribution in [3.63, 3.8) is 0 Å². The molecule has 3 aromatic rings. The van der Waals surface area contributed by atoms with Gasteiger partial charge in [0.15, 0.2) is 0 Å². The largest absolute Gasteiger partial charge is 0.350 e. The Morgan fingerprint density at radius 3 is 2.22 bits per heavy atom. The van der Waals surface area contributed by atoms with Gasteiger partial charge in [-0.3, -0.25) is 14.0 Å². The first-order valence-electron chi connectivity index (χ1n) is 12.2. The minimum absolute atomic E-state index is 0.0761. The van der Waals surface area contributed by atoms with Crippen molar-refractivity contribution in [3.8, 4) is 0 Å². The third-order valence-corrected chi connectivity index (χ3v) is 8.49. The number of hydrogen-bond acceptors (Lipinski definition) is 4. The van der Waals surface area contributed by atoms with Gasteiger partial charge >= 0.3 is 0 Å². The van der Waals surface area contributed by atoms with E-state index < -0.39 is 10.0 Å². The van der Waals surface area contributed by atoms with Crippen LogP contribution in [0.15, 0.2) is 77.7 Å². The summed E-state index contributed by atoms with van der Waals surface area (Å²) < 4.78 is 28.2. The van der Waals surface area contributed by atoms with Crippen LogP contribution >= 0.6 is 11.6 Å². The van der Waals surface area contributed by atoms with Gasteiger partial charge in [-0.2, -0.15) is 0 Å². The molecule has 8 heteroatoms. The normalized spacial score (nSPS) is 14.4. The van der Waals surface area contributed by atoms with Crippen molar-refractivity contribution in [1.29, 1.82) is 0 Å². The summed E-state index contributed by atoms with van der Waals surface area (Å²) in [6.07, 6.45) is 3.72. The molecule has 0 aliphatic carbocycles. The van der Waals surface area contributed by atoms with E-state index in [1.165, 1.54) is 49.1 Å². The number of anilines is 1. The van der Waals surface area contributed by atoms with Gasteiger partial charge in [-0.05, 0) is 80.4 Å². The number of nitrogens with zero attached hydrogens (tertiary/aromatic N) is 2. The molecule has 4 rings (SSSR count). The van der Waals surface area contributed by atoms with Gasteiger partial charge in [0.05, 0.1) is 10.6 Å². The van der Waals surface area contributed by atoms with E-state index in [2.05, 4.69) is 16.3 Å². The number of carbonyl (C=O) groups is 1. The minimum atomic E-state index is -3.98. The number of nitrogens with one attached hydrogen (secondary N) is 1. The van der Waals surface area contributed by atoms with E-state index in [-0.39, 0.29) is 17.3 Å². The monoisotopic (exact) mass is 525 g/mol. The highest BCUT2D eigenvalue weighted by atomic mass is 35.5. The van der Waals surface area contributed by atoms with Crippen LogP contribution < -0.4 is 9.62 Å². The van der Waals surface area contributed by atoms with Crippen LogP contribution in [0.1, 0.15) is 36.0 Å². The molecule has 0 radical (unpaired) electrons. The third kappa shape index (κ3) is 6.66. The molecule has 1 heterocycles. The molecule has 1 saturated heterocycles. The van der Waals surface area contributed by atoms with Crippen LogP contribution in [0.2, 0.25) is 5.02 Å². The number of amides is 1. The zero-order valence-corrected chi connectivity index (χ0v) is 22.1. The molecule has 0 saturated carbocycles. The Balaban J connectivity index is 1.50. The van der Waals surface area contributed by atoms with Gasteiger partial charge in [-0.1, -0.05) is 60.0 Å². The summed E-state index contributed by atoms with van der Waals surface area (Å²) in [6.45, 7) is 4.97. The van der Waals surface area contributed by atoms with Crippen molar-refractivity contribution in [2.45, 2.75) is 44.2 Å². The number of likely N-dealkylation sites (tertiary alicyclic amines) is 1. The van der Waals surface area contributed by atoms with Crippen molar-refractivity contribution in [2.24, 2.45) is 0 Å². The van der Waals surface area contributed by atoms with Crippen LogP contribution in [0, 0.1) is 6.92 Å². The fourth-order valence-electron chi connectivity index (χ4n) is 4.38. The quantitative estimate of drug-likeness (QED) is 0.419. The number of hydrogen-bond donors (Lipinski definition) is 1. The molecule has 1 amide bonds. The molecule has 0 spiro atoms. The van der Waals surface area contributed by atoms with Crippen molar-refractivity contribution >= 4 is 33.2 Å². The second-order valence-corrected chi connectivity index (χ2v) is 11.5. The Morgan fingerprint density at radius 1 is 0.917 bits per heavy atom. The SMILES string of the molecule is Cc1ccc(N(CC(=O)NCc2ccccc2CN2CCCCC2)S(=O)(=O)c2ccc(Cl)cc2)cc1. The molecule has 0 atom stereocenters. The van der Waals surface area contributed by atoms with Gasteiger partial charge in [0.2, 0.25) is 5.91 Å². The summed E-state index contributed by atoms with van der Waals surface area (Å²) in [5.41, 5.74) is 3.65. The molecule has 0 aromatic heterocycles. The van der Waals surface area contributed by atoms with Crippen LogP contribution in [0.5, 0.6) is 0 Å². The average Bonchev–Trinajstić information content (AvgIpc) is 2.88. The molecule has 1 fully saturated rings. The Kier molecular flexibility index (Phi) is 8.67. The van der Waals surface area contributed by atoms with Crippen LogP contribution in [-0.4, -0.2) is 38.9 Å². The third-order valence-electron chi connectivity index (χ3n) is 6.45. The van der Waals surface area contributed by atoms with E-state index in [1.807, 2.05) is 37.3 Å². The summed E-state index contributed by atoms with van der Waals surface area (Å²) >= 11 is 5.96. The lowest BCUT2D eigenvalue weighted by molar-refractivity contribution is -0.119.